The molecule has 2 aromatic rings. The van der Waals surface area contributed by atoms with E-state index >= 15 is 0 Å². The zero-order valence-corrected chi connectivity index (χ0v) is 18.3. The van der Waals surface area contributed by atoms with E-state index in [9.17, 15) is 9.18 Å². The Bertz CT molecular complexity index is 952. The first-order valence-electron chi connectivity index (χ1n) is 11.6. The van der Waals surface area contributed by atoms with Gasteiger partial charge in [-0.1, -0.05) is 12.1 Å². The lowest BCUT2D eigenvalue weighted by molar-refractivity contribution is -0.133. The maximum absolute atomic E-state index is 13.5. The largest absolute Gasteiger partial charge is 0.369 e. The van der Waals surface area contributed by atoms with Gasteiger partial charge in [-0.05, 0) is 87.8 Å². The van der Waals surface area contributed by atoms with E-state index in [1.165, 1.54) is 43.5 Å². The average molecular weight is 426 g/mol. The normalized spacial score (nSPS) is 28.6. The number of primary amides is 1. The Morgan fingerprint density at radius 2 is 1.77 bits per heavy atom. The third-order valence-electron chi connectivity index (χ3n) is 7.67. The van der Waals surface area contributed by atoms with Crippen LogP contribution >= 0.6 is 0 Å². The van der Waals surface area contributed by atoms with Crippen LogP contribution in [-0.4, -0.2) is 22.1 Å². The third-order valence-corrected chi connectivity index (χ3v) is 7.67. The Balaban J connectivity index is 1.46. The van der Waals surface area contributed by atoms with E-state index in [-0.39, 0.29) is 11.7 Å². The molecule has 1 aromatic heterocycles. The van der Waals surface area contributed by atoms with Crippen LogP contribution in [0.15, 0.2) is 30.5 Å². The molecule has 0 unspecified atom stereocenters. The number of amides is 1. The number of halogens is 1. The van der Waals surface area contributed by atoms with Gasteiger partial charge < -0.3 is 15.0 Å². The van der Waals surface area contributed by atoms with Gasteiger partial charge in [0.1, 0.15) is 17.2 Å². The van der Waals surface area contributed by atoms with Crippen LogP contribution in [0.5, 0.6) is 0 Å². The molecular formula is C25H32FN3O2. The van der Waals surface area contributed by atoms with E-state index in [0.717, 1.165) is 30.5 Å². The van der Waals surface area contributed by atoms with Crippen LogP contribution in [0.4, 0.5) is 4.39 Å². The fourth-order valence-electron chi connectivity index (χ4n) is 5.13. The standard InChI is InChI=1S/C25H32FN3O2/c1-17-14-28-23(29(17)15-18-2-3-18)25(31-16-19-4-5-19)12-10-24(11-13-25,22(27)30)20-6-8-21(26)9-7-20/h6-9,14,18-19H,2-5,10-13,15-16H2,1H3,(H2,27,30)/t24-,25+. The SMILES string of the molecule is Cc1cnc([C@]2(OCC3CC3)CC[C@](C(N)=O)(c3ccc(F)cc3)CC2)n1CC1CC1. The maximum Gasteiger partial charge on any atom is 0.228 e. The van der Waals surface area contributed by atoms with Crippen LogP contribution in [0.2, 0.25) is 0 Å². The zero-order chi connectivity index (χ0) is 21.6. The number of carbonyl (C=O) groups excluding carboxylic acids is 1. The summed E-state index contributed by atoms with van der Waals surface area (Å²) in [5.41, 5.74) is 6.63. The molecule has 166 valence electrons. The number of carbonyl (C=O) groups is 1. The minimum atomic E-state index is -0.789. The summed E-state index contributed by atoms with van der Waals surface area (Å²) in [4.78, 5) is 17.5. The molecule has 1 heterocycles. The lowest BCUT2D eigenvalue weighted by atomic mass is 9.64. The third kappa shape index (κ3) is 3.91. The van der Waals surface area contributed by atoms with Crippen molar-refractivity contribution < 1.29 is 13.9 Å². The molecule has 5 rings (SSSR count). The summed E-state index contributed by atoms with van der Waals surface area (Å²) in [5, 5.41) is 0. The summed E-state index contributed by atoms with van der Waals surface area (Å²) in [6.45, 7) is 3.85. The predicted octanol–water partition coefficient (Wildman–Crippen LogP) is 4.36. The summed E-state index contributed by atoms with van der Waals surface area (Å²) in [7, 11) is 0. The van der Waals surface area contributed by atoms with Gasteiger partial charge in [-0.25, -0.2) is 9.37 Å². The van der Waals surface area contributed by atoms with Gasteiger partial charge >= 0.3 is 0 Å². The van der Waals surface area contributed by atoms with Crippen molar-refractivity contribution in [3.8, 4) is 0 Å². The molecule has 0 radical (unpaired) electrons. The van der Waals surface area contributed by atoms with E-state index in [4.69, 9.17) is 15.5 Å². The fourth-order valence-corrected chi connectivity index (χ4v) is 5.13. The van der Waals surface area contributed by atoms with Crippen molar-refractivity contribution in [1.82, 2.24) is 9.55 Å². The molecule has 3 saturated carbocycles. The van der Waals surface area contributed by atoms with Gasteiger partial charge in [-0.15, -0.1) is 0 Å². The lowest BCUT2D eigenvalue weighted by Gasteiger charge is -2.45. The van der Waals surface area contributed by atoms with Gasteiger partial charge in [0.15, 0.2) is 0 Å². The second kappa shape index (κ2) is 7.73. The summed E-state index contributed by atoms with van der Waals surface area (Å²) in [6.07, 6.45) is 9.49. The van der Waals surface area contributed by atoms with Crippen molar-refractivity contribution >= 4 is 5.91 Å². The second-order valence-corrected chi connectivity index (χ2v) is 9.98. The fraction of sp³-hybridized carbons (Fsp3) is 0.600. The minimum absolute atomic E-state index is 0.307. The Morgan fingerprint density at radius 3 is 2.35 bits per heavy atom. The molecule has 3 aliphatic carbocycles. The Hall–Kier alpha value is -2.21. The van der Waals surface area contributed by atoms with E-state index in [0.29, 0.717) is 31.6 Å². The lowest BCUT2D eigenvalue weighted by Crippen LogP contribution is -2.49. The molecule has 2 N–H and O–H groups in total. The molecule has 0 aliphatic heterocycles. The number of hydrogen-bond acceptors (Lipinski definition) is 3. The maximum atomic E-state index is 13.5. The molecule has 5 nitrogen and oxygen atoms in total. The molecule has 1 amide bonds. The zero-order valence-electron chi connectivity index (χ0n) is 18.3. The van der Waals surface area contributed by atoms with Crippen LogP contribution < -0.4 is 5.73 Å². The smallest absolute Gasteiger partial charge is 0.228 e. The van der Waals surface area contributed by atoms with E-state index in [1.807, 2.05) is 6.20 Å². The van der Waals surface area contributed by atoms with Crippen LogP contribution in [0.3, 0.4) is 0 Å². The average Bonchev–Trinajstić information content (AvgIpc) is 3.68. The molecule has 0 saturated heterocycles. The molecule has 6 heteroatoms. The number of ether oxygens (including phenoxy) is 1. The Morgan fingerprint density at radius 1 is 1.13 bits per heavy atom. The second-order valence-electron chi connectivity index (χ2n) is 9.98. The molecule has 0 bridgehead atoms. The topological polar surface area (TPSA) is 70.1 Å². The number of nitrogens with two attached hydrogens (primary N) is 1. The number of benzene rings is 1. The number of hydrogen-bond donors (Lipinski definition) is 1. The monoisotopic (exact) mass is 425 g/mol. The highest BCUT2D eigenvalue weighted by atomic mass is 19.1. The number of aromatic nitrogens is 2. The van der Waals surface area contributed by atoms with E-state index in [1.54, 1.807) is 12.1 Å². The Kier molecular flexibility index (Phi) is 5.16. The number of imidazole rings is 1. The van der Waals surface area contributed by atoms with E-state index in [2.05, 4.69) is 11.5 Å². The highest BCUT2D eigenvalue weighted by molar-refractivity contribution is 5.87. The van der Waals surface area contributed by atoms with Crippen LogP contribution in [0.1, 0.15) is 68.4 Å². The van der Waals surface area contributed by atoms with Crippen molar-refractivity contribution in [2.24, 2.45) is 17.6 Å². The molecule has 1 aromatic carbocycles. The molecule has 3 aliphatic rings. The van der Waals surface area contributed by atoms with E-state index < -0.39 is 11.0 Å². The van der Waals surface area contributed by atoms with Crippen molar-refractivity contribution in [3.05, 3.63) is 53.4 Å². The highest BCUT2D eigenvalue weighted by Crippen LogP contribution is 2.50. The van der Waals surface area contributed by atoms with Crippen molar-refractivity contribution in [1.29, 1.82) is 0 Å². The van der Waals surface area contributed by atoms with Crippen LogP contribution in [0, 0.1) is 24.6 Å². The van der Waals surface area contributed by atoms with Crippen molar-refractivity contribution in [2.45, 2.75) is 75.9 Å². The van der Waals surface area contributed by atoms with Gasteiger partial charge in [0, 0.05) is 18.4 Å². The van der Waals surface area contributed by atoms with Gasteiger partial charge in [-0.3, -0.25) is 4.79 Å². The first kappa shape index (κ1) is 20.7. The van der Waals surface area contributed by atoms with Crippen molar-refractivity contribution in [2.75, 3.05) is 6.61 Å². The quantitative estimate of drug-likeness (QED) is 0.683. The predicted molar refractivity (Wildman–Crippen MR) is 116 cm³/mol. The minimum Gasteiger partial charge on any atom is -0.369 e. The number of rotatable bonds is 8. The van der Waals surface area contributed by atoms with Crippen molar-refractivity contribution in [3.63, 3.8) is 0 Å². The first-order valence-corrected chi connectivity index (χ1v) is 11.6. The molecule has 3 fully saturated rings. The summed E-state index contributed by atoms with van der Waals surface area (Å²) in [6, 6.07) is 6.24. The molecular weight excluding hydrogens is 393 g/mol. The molecule has 0 spiro atoms. The Labute approximate surface area is 183 Å². The number of nitrogens with zero attached hydrogens (tertiary/aromatic N) is 2. The molecule has 31 heavy (non-hydrogen) atoms. The number of aryl methyl sites for hydroxylation is 1. The van der Waals surface area contributed by atoms with Gasteiger partial charge in [-0.2, -0.15) is 0 Å². The van der Waals surface area contributed by atoms with Crippen LogP contribution in [-0.2, 0) is 27.1 Å². The first-order chi connectivity index (χ1) is 14.9. The van der Waals surface area contributed by atoms with Crippen LogP contribution in [0.25, 0.3) is 0 Å². The summed E-state index contributed by atoms with van der Waals surface area (Å²) < 4.78 is 22.5. The summed E-state index contributed by atoms with van der Waals surface area (Å²) >= 11 is 0. The highest BCUT2D eigenvalue weighted by Gasteiger charge is 2.51. The summed E-state index contributed by atoms with van der Waals surface area (Å²) in [5.74, 6) is 1.74. The van der Waals surface area contributed by atoms with Gasteiger partial charge in [0.2, 0.25) is 5.91 Å². The molecule has 0 atom stereocenters. The van der Waals surface area contributed by atoms with Gasteiger partial charge in [0.05, 0.1) is 12.0 Å². The van der Waals surface area contributed by atoms with Gasteiger partial charge in [0.25, 0.3) is 0 Å².